The number of guanidine groups is 1. The average molecular weight is 461 g/mol. The second-order valence-electron chi connectivity index (χ2n) is 6.33. The normalized spacial score (nSPS) is 17.8. The van der Waals surface area contributed by atoms with Crippen LogP contribution in [0.4, 0.5) is 0 Å². The van der Waals surface area contributed by atoms with Crippen molar-refractivity contribution in [1.29, 1.82) is 0 Å². The van der Waals surface area contributed by atoms with Gasteiger partial charge in [-0.3, -0.25) is 4.99 Å². The number of aliphatic imine (C=N–C) groups is 1. The van der Waals surface area contributed by atoms with E-state index in [-0.39, 0.29) is 24.0 Å². The summed E-state index contributed by atoms with van der Waals surface area (Å²) >= 11 is 0. The Labute approximate surface area is 169 Å². The molecule has 0 aliphatic carbocycles. The molecule has 0 bridgehead atoms. The minimum atomic E-state index is 0. The van der Waals surface area contributed by atoms with Crippen molar-refractivity contribution >= 4 is 29.9 Å². The molecule has 6 heteroatoms. The average Bonchev–Trinajstić information content (AvgIpc) is 2.57. The Morgan fingerprint density at radius 3 is 2.64 bits per heavy atom. The molecule has 142 valence electrons. The minimum absolute atomic E-state index is 0. The van der Waals surface area contributed by atoms with Gasteiger partial charge in [-0.25, -0.2) is 0 Å². The largest absolute Gasteiger partial charge is 0.490 e. The molecule has 0 aromatic heterocycles. The maximum Gasteiger partial charge on any atom is 0.191 e. The molecule has 1 unspecified atom stereocenters. The highest BCUT2D eigenvalue weighted by molar-refractivity contribution is 14.0. The third-order valence-corrected chi connectivity index (χ3v) is 4.26. The number of halogens is 1. The van der Waals surface area contributed by atoms with E-state index in [1.54, 1.807) is 0 Å². The second kappa shape index (κ2) is 11.4. The fourth-order valence-electron chi connectivity index (χ4n) is 3.05. The first-order valence-corrected chi connectivity index (χ1v) is 9.07. The zero-order chi connectivity index (χ0) is 17.4. The minimum Gasteiger partial charge on any atom is -0.490 e. The van der Waals surface area contributed by atoms with Crippen LogP contribution in [0.2, 0.25) is 0 Å². The van der Waals surface area contributed by atoms with Crippen molar-refractivity contribution in [3.63, 3.8) is 0 Å². The van der Waals surface area contributed by atoms with Crippen molar-refractivity contribution in [2.24, 2.45) is 16.6 Å². The lowest BCUT2D eigenvalue weighted by Crippen LogP contribution is -2.43. The van der Waals surface area contributed by atoms with E-state index in [1.165, 1.54) is 18.4 Å². The maximum atomic E-state index is 6.15. The van der Waals surface area contributed by atoms with Crippen LogP contribution in [0.5, 0.6) is 11.5 Å². The number of hydrogen-bond donors (Lipinski definition) is 1. The van der Waals surface area contributed by atoms with Crippen LogP contribution in [0.1, 0.15) is 39.2 Å². The zero-order valence-electron chi connectivity index (χ0n) is 15.7. The lowest BCUT2D eigenvalue weighted by atomic mass is 10.0. The summed E-state index contributed by atoms with van der Waals surface area (Å²) in [6, 6.07) is 6.09. The van der Waals surface area contributed by atoms with E-state index >= 15 is 0 Å². The smallest absolute Gasteiger partial charge is 0.191 e. The van der Waals surface area contributed by atoms with Crippen molar-refractivity contribution in [3.05, 3.63) is 23.8 Å². The number of nitrogens with two attached hydrogens (primary N) is 1. The van der Waals surface area contributed by atoms with Crippen LogP contribution in [-0.4, -0.2) is 43.7 Å². The van der Waals surface area contributed by atoms with Crippen LogP contribution >= 0.6 is 24.0 Å². The molecule has 0 spiro atoms. The molecule has 1 aromatic rings. The van der Waals surface area contributed by atoms with Crippen molar-refractivity contribution in [3.8, 4) is 11.5 Å². The molecule has 1 aliphatic rings. The molecule has 1 aliphatic heterocycles. The first-order valence-electron chi connectivity index (χ1n) is 9.07. The first-order chi connectivity index (χ1) is 11.6. The van der Waals surface area contributed by atoms with Gasteiger partial charge in [-0.15, -0.1) is 24.0 Å². The molecule has 2 N–H and O–H groups in total. The number of piperidine rings is 1. The van der Waals surface area contributed by atoms with Gasteiger partial charge in [0.2, 0.25) is 0 Å². The molecule has 1 heterocycles. The lowest BCUT2D eigenvalue weighted by Gasteiger charge is -2.31. The van der Waals surface area contributed by atoms with E-state index in [2.05, 4.69) is 22.9 Å². The highest BCUT2D eigenvalue weighted by Crippen LogP contribution is 2.28. The molecule has 0 amide bonds. The topological polar surface area (TPSA) is 60.1 Å². The molecular formula is C19H32IN3O2. The van der Waals surface area contributed by atoms with Crippen molar-refractivity contribution < 1.29 is 9.47 Å². The van der Waals surface area contributed by atoms with Crippen molar-refractivity contribution in [2.45, 2.75) is 40.0 Å². The molecule has 5 nitrogen and oxygen atoms in total. The summed E-state index contributed by atoms with van der Waals surface area (Å²) < 4.78 is 11.3. The van der Waals surface area contributed by atoms with Crippen LogP contribution in [0.3, 0.4) is 0 Å². The summed E-state index contributed by atoms with van der Waals surface area (Å²) in [5, 5.41) is 0. The summed E-state index contributed by atoms with van der Waals surface area (Å²) in [7, 11) is 0. The fourth-order valence-corrected chi connectivity index (χ4v) is 3.05. The SMILES string of the molecule is CCOc1ccc(CCN=C(N)N2CCCC(C)C2)cc1OCC.I. The van der Waals surface area contributed by atoms with Crippen molar-refractivity contribution in [1.82, 2.24) is 4.90 Å². The summed E-state index contributed by atoms with van der Waals surface area (Å²) in [4.78, 5) is 6.77. The highest BCUT2D eigenvalue weighted by atomic mass is 127. The molecule has 0 radical (unpaired) electrons. The van der Waals surface area contributed by atoms with Gasteiger partial charge in [-0.1, -0.05) is 13.0 Å². The number of ether oxygens (including phenoxy) is 2. The summed E-state index contributed by atoms with van der Waals surface area (Å²) in [5.74, 6) is 2.98. The van der Waals surface area contributed by atoms with E-state index in [4.69, 9.17) is 15.2 Å². The monoisotopic (exact) mass is 461 g/mol. The van der Waals surface area contributed by atoms with Gasteiger partial charge in [0.15, 0.2) is 17.5 Å². The van der Waals surface area contributed by atoms with E-state index in [0.717, 1.165) is 31.0 Å². The number of nitrogens with zero attached hydrogens (tertiary/aromatic N) is 2. The molecule has 2 rings (SSSR count). The summed E-state index contributed by atoms with van der Waals surface area (Å²) in [6.45, 7) is 10.2. The van der Waals surface area contributed by atoms with Crippen LogP contribution in [0.15, 0.2) is 23.2 Å². The Balaban J connectivity index is 0.00000312. The molecule has 1 aromatic carbocycles. The lowest BCUT2D eigenvalue weighted by molar-refractivity contribution is 0.270. The summed E-state index contributed by atoms with van der Waals surface area (Å²) in [5.41, 5.74) is 7.33. The Morgan fingerprint density at radius 1 is 1.24 bits per heavy atom. The maximum absolute atomic E-state index is 6.15. The fraction of sp³-hybridized carbons (Fsp3) is 0.632. The van der Waals surface area contributed by atoms with Gasteiger partial charge in [-0.2, -0.15) is 0 Å². The first kappa shape index (κ1) is 21.9. The number of rotatable bonds is 7. The zero-order valence-corrected chi connectivity index (χ0v) is 18.0. The molecule has 1 fully saturated rings. The summed E-state index contributed by atoms with van der Waals surface area (Å²) in [6.07, 6.45) is 3.33. The number of likely N-dealkylation sites (tertiary alicyclic amines) is 1. The molecular weight excluding hydrogens is 429 g/mol. The van der Waals surface area contributed by atoms with Crippen LogP contribution in [0.25, 0.3) is 0 Å². The van der Waals surface area contributed by atoms with Gasteiger partial charge in [0.1, 0.15) is 0 Å². The van der Waals surface area contributed by atoms with Gasteiger partial charge in [-0.05, 0) is 56.7 Å². The quantitative estimate of drug-likeness (QED) is 0.382. The third kappa shape index (κ3) is 6.92. The van der Waals surface area contributed by atoms with Gasteiger partial charge < -0.3 is 20.1 Å². The van der Waals surface area contributed by atoms with E-state index in [0.29, 0.717) is 31.6 Å². The van der Waals surface area contributed by atoms with E-state index in [1.807, 2.05) is 26.0 Å². The molecule has 0 saturated carbocycles. The molecule has 25 heavy (non-hydrogen) atoms. The Kier molecular flexibility index (Phi) is 10.0. The molecule has 1 saturated heterocycles. The van der Waals surface area contributed by atoms with Crippen LogP contribution in [0, 0.1) is 5.92 Å². The van der Waals surface area contributed by atoms with Gasteiger partial charge in [0.05, 0.1) is 13.2 Å². The predicted octanol–water partition coefficient (Wildman–Crippen LogP) is 3.69. The second-order valence-corrected chi connectivity index (χ2v) is 6.33. The van der Waals surface area contributed by atoms with Gasteiger partial charge in [0.25, 0.3) is 0 Å². The standard InChI is InChI=1S/C19H31N3O2.HI/c1-4-23-17-9-8-16(13-18(17)24-5-2)10-11-21-19(20)22-12-6-7-15(3)14-22;/h8-9,13,15H,4-7,10-12,14H2,1-3H3,(H2,20,21);1H. The van der Waals surface area contributed by atoms with Crippen molar-refractivity contribution in [2.75, 3.05) is 32.8 Å². The Morgan fingerprint density at radius 2 is 1.96 bits per heavy atom. The number of benzene rings is 1. The van der Waals surface area contributed by atoms with Crippen LogP contribution < -0.4 is 15.2 Å². The number of hydrogen-bond acceptors (Lipinski definition) is 3. The van der Waals surface area contributed by atoms with Gasteiger partial charge in [0, 0.05) is 19.6 Å². The van der Waals surface area contributed by atoms with Crippen LogP contribution in [-0.2, 0) is 6.42 Å². The third-order valence-electron chi connectivity index (χ3n) is 4.26. The molecule has 1 atom stereocenters. The highest BCUT2D eigenvalue weighted by Gasteiger charge is 2.17. The predicted molar refractivity (Wildman–Crippen MR) is 114 cm³/mol. The Bertz CT molecular complexity index is 551. The van der Waals surface area contributed by atoms with E-state index < -0.39 is 0 Å². The van der Waals surface area contributed by atoms with E-state index in [9.17, 15) is 0 Å². The van der Waals surface area contributed by atoms with Gasteiger partial charge >= 0.3 is 0 Å². The Hall–Kier alpha value is -1.18.